The lowest BCUT2D eigenvalue weighted by Crippen LogP contribution is -2.42. The summed E-state index contributed by atoms with van der Waals surface area (Å²) in [5.41, 5.74) is 0.848. The molecule has 0 saturated carbocycles. The molecule has 3 rings (SSSR count). The van der Waals surface area contributed by atoms with Crippen LogP contribution in [-0.4, -0.2) is 33.1 Å². The minimum Gasteiger partial charge on any atom is -0.444 e. The van der Waals surface area contributed by atoms with E-state index in [4.69, 9.17) is 4.74 Å². The number of halogens is 1. The zero-order valence-corrected chi connectivity index (χ0v) is 14.9. The summed E-state index contributed by atoms with van der Waals surface area (Å²) in [6.07, 6.45) is 4.25. The van der Waals surface area contributed by atoms with Gasteiger partial charge in [0.2, 0.25) is 0 Å². The van der Waals surface area contributed by atoms with Crippen LogP contribution in [0.25, 0.3) is 11.3 Å². The molecule has 2 aromatic rings. The van der Waals surface area contributed by atoms with Crippen molar-refractivity contribution < 1.29 is 13.9 Å². The largest absolute Gasteiger partial charge is 0.444 e. The number of likely N-dealkylation sites (tertiary alicyclic amines) is 1. The number of benzene rings is 1. The van der Waals surface area contributed by atoms with Crippen LogP contribution >= 0.6 is 0 Å². The van der Waals surface area contributed by atoms with E-state index >= 15 is 0 Å². The van der Waals surface area contributed by atoms with Crippen molar-refractivity contribution in [1.82, 2.24) is 14.9 Å². The van der Waals surface area contributed by atoms with Gasteiger partial charge in [-0.15, -0.1) is 0 Å². The van der Waals surface area contributed by atoms with Gasteiger partial charge in [-0.05, 0) is 52.2 Å². The standard InChI is InChI=1S/C19H24FN3O2/c1-19(2,3)25-18(24)23-10-5-4-9-16(23)17-21-12-15(22-17)13-7-6-8-14(20)11-13/h6-8,11-12,16H,4-5,9-10H2,1-3H3,(H,21,22). The van der Waals surface area contributed by atoms with Crippen LogP contribution < -0.4 is 0 Å². The quantitative estimate of drug-likeness (QED) is 0.860. The Morgan fingerprint density at radius 1 is 1.36 bits per heavy atom. The molecule has 1 aliphatic rings. The predicted molar refractivity (Wildman–Crippen MR) is 93.5 cm³/mol. The van der Waals surface area contributed by atoms with E-state index < -0.39 is 5.60 Å². The molecule has 134 valence electrons. The number of H-pyrrole nitrogens is 1. The molecular formula is C19H24FN3O2. The zero-order chi connectivity index (χ0) is 18.0. The lowest BCUT2D eigenvalue weighted by molar-refractivity contribution is 0.00854. The molecule has 2 heterocycles. The molecule has 1 aromatic heterocycles. The molecule has 0 bridgehead atoms. The number of ether oxygens (including phenoxy) is 1. The van der Waals surface area contributed by atoms with E-state index in [9.17, 15) is 9.18 Å². The van der Waals surface area contributed by atoms with Gasteiger partial charge in [-0.3, -0.25) is 4.90 Å². The Morgan fingerprint density at radius 2 is 2.16 bits per heavy atom. The Bertz CT molecular complexity index is 751. The first-order valence-electron chi connectivity index (χ1n) is 8.64. The van der Waals surface area contributed by atoms with Crippen LogP contribution in [0.3, 0.4) is 0 Å². The molecule has 1 N–H and O–H groups in total. The molecule has 5 nitrogen and oxygen atoms in total. The third-order valence-corrected chi connectivity index (χ3v) is 4.16. The second-order valence-corrected chi connectivity index (χ2v) is 7.37. The number of hydrogen-bond acceptors (Lipinski definition) is 3. The number of piperidine rings is 1. The van der Waals surface area contributed by atoms with Crippen molar-refractivity contribution in [3.8, 4) is 11.3 Å². The molecule has 0 radical (unpaired) electrons. The zero-order valence-electron chi connectivity index (χ0n) is 14.9. The maximum Gasteiger partial charge on any atom is 0.410 e. The minimum atomic E-state index is -0.533. The highest BCUT2D eigenvalue weighted by molar-refractivity contribution is 5.69. The van der Waals surface area contributed by atoms with Gasteiger partial charge in [0.15, 0.2) is 0 Å². The molecule has 1 saturated heterocycles. The summed E-state index contributed by atoms with van der Waals surface area (Å²) in [4.78, 5) is 22.0. The van der Waals surface area contributed by atoms with Gasteiger partial charge >= 0.3 is 6.09 Å². The number of carbonyl (C=O) groups is 1. The van der Waals surface area contributed by atoms with E-state index in [1.807, 2.05) is 26.8 Å². The summed E-state index contributed by atoms with van der Waals surface area (Å²) >= 11 is 0. The van der Waals surface area contributed by atoms with Crippen molar-refractivity contribution in [2.75, 3.05) is 6.54 Å². The molecule has 6 heteroatoms. The first-order valence-corrected chi connectivity index (χ1v) is 8.64. The van der Waals surface area contributed by atoms with Crippen molar-refractivity contribution in [3.63, 3.8) is 0 Å². The van der Waals surface area contributed by atoms with Gasteiger partial charge in [-0.2, -0.15) is 0 Å². The highest BCUT2D eigenvalue weighted by Gasteiger charge is 2.33. The topological polar surface area (TPSA) is 58.2 Å². The van der Waals surface area contributed by atoms with Crippen LogP contribution in [0.4, 0.5) is 9.18 Å². The van der Waals surface area contributed by atoms with Crippen LogP contribution in [0, 0.1) is 5.82 Å². The van der Waals surface area contributed by atoms with Gasteiger partial charge < -0.3 is 9.72 Å². The highest BCUT2D eigenvalue weighted by Crippen LogP contribution is 2.32. The van der Waals surface area contributed by atoms with E-state index in [1.165, 1.54) is 12.1 Å². The fourth-order valence-electron chi connectivity index (χ4n) is 3.06. The Morgan fingerprint density at radius 3 is 2.88 bits per heavy atom. The maximum absolute atomic E-state index is 13.4. The first-order chi connectivity index (χ1) is 11.8. The van der Waals surface area contributed by atoms with Crippen molar-refractivity contribution in [2.24, 2.45) is 0 Å². The molecule has 25 heavy (non-hydrogen) atoms. The van der Waals surface area contributed by atoms with E-state index in [0.29, 0.717) is 23.6 Å². The summed E-state index contributed by atoms with van der Waals surface area (Å²) in [6, 6.07) is 6.18. The average Bonchev–Trinajstić information content (AvgIpc) is 3.03. The summed E-state index contributed by atoms with van der Waals surface area (Å²) in [7, 11) is 0. The number of carbonyl (C=O) groups excluding carboxylic acids is 1. The number of aromatic nitrogens is 2. The third kappa shape index (κ3) is 4.18. The Balaban J connectivity index is 1.82. The van der Waals surface area contributed by atoms with Crippen molar-refractivity contribution in [2.45, 2.75) is 51.7 Å². The highest BCUT2D eigenvalue weighted by atomic mass is 19.1. The summed E-state index contributed by atoms with van der Waals surface area (Å²) in [5.74, 6) is 0.417. The lowest BCUT2D eigenvalue weighted by Gasteiger charge is -2.35. The van der Waals surface area contributed by atoms with Crippen molar-refractivity contribution >= 4 is 6.09 Å². The van der Waals surface area contributed by atoms with Crippen LogP contribution in [0.1, 0.15) is 51.9 Å². The smallest absolute Gasteiger partial charge is 0.410 e. The van der Waals surface area contributed by atoms with Crippen molar-refractivity contribution in [1.29, 1.82) is 0 Å². The Kier molecular flexibility index (Phi) is 4.79. The van der Waals surface area contributed by atoms with Gasteiger partial charge in [0.05, 0.1) is 11.7 Å². The lowest BCUT2D eigenvalue weighted by atomic mass is 10.0. The number of aromatic amines is 1. The summed E-state index contributed by atoms with van der Waals surface area (Å²) in [6.45, 7) is 6.23. The Labute approximate surface area is 147 Å². The van der Waals surface area contributed by atoms with Gasteiger partial charge in [-0.1, -0.05) is 12.1 Å². The van der Waals surface area contributed by atoms with E-state index in [1.54, 1.807) is 17.2 Å². The maximum atomic E-state index is 13.4. The van der Waals surface area contributed by atoms with Gasteiger partial charge in [0, 0.05) is 18.3 Å². The molecule has 0 aliphatic carbocycles. The fraction of sp³-hybridized carbons (Fsp3) is 0.474. The summed E-state index contributed by atoms with van der Waals surface area (Å²) < 4.78 is 19.0. The minimum absolute atomic E-state index is 0.147. The number of nitrogens with one attached hydrogen (secondary N) is 1. The fourth-order valence-corrected chi connectivity index (χ4v) is 3.06. The van der Waals surface area contributed by atoms with Crippen molar-refractivity contribution in [3.05, 3.63) is 42.1 Å². The molecule has 1 aliphatic heterocycles. The molecule has 1 amide bonds. The number of rotatable bonds is 2. The van der Waals surface area contributed by atoms with Gasteiger partial charge in [0.1, 0.15) is 17.2 Å². The number of nitrogens with zero attached hydrogens (tertiary/aromatic N) is 2. The van der Waals surface area contributed by atoms with Gasteiger partial charge in [-0.25, -0.2) is 14.2 Å². The molecule has 1 atom stereocenters. The second-order valence-electron chi connectivity index (χ2n) is 7.37. The average molecular weight is 345 g/mol. The van der Waals surface area contributed by atoms with E-state index in [2.05, 4.69) is 9.97 Å². The number of hydrogen-bond donors (Lipinski definition) is 1. The summed E-state index contributed by atoms with van der Waals surface area (Å²) in [5, 5.41) is 0. The normalized spacial score (nSPS) is 18.2. The monoisotopic (exact) mass is 345 g/mol. The molecule has 1 unspecified atom stereocenters. The predicted octanol–water partition coefficient (Wildman–Crippen LogP) is 4.68. The molecule has 1 aromatic carbocycles. The van der Waals surface area contributed by atoms with Crippen LogP contribution in [0.5, 0.6) is 0 Å². The number of imidazole rings is 1. The SMILES string of the molecule is CC(C)(C)OC(=O)N1CCCCC1c1nc(-c2cccc(F)c2)c[nH]1. The number of amides is 1. The first kappa shape index (κ1) is 17.5. The Hall–Kier alpha value is -2.37. The second kappa shape index (κ2) is 6.86. The van der Waals surface area contributed by atoms with Crippen LogP contribution in [0.15, 0.2) is 30.5 Å². The van der Waals surface area contributed by atoms with Crippen LogP contribution in [0.2, 0.25) is 0 Å². The van der Waals surface area contributed by atoms with E-state index in [0.717, 1.165) is 19.3 Å². The molecular weight excluding hydrogens is 321 g/mol. The van der Waals surface area contributed by atoms with Crippen LogP contribution in [-0.2, 0) is 4.74 Å². The van der Waals surface area contributed by atoms with Gasteiger partial charge in [0.25, 0.3) is 0 Å². The molecule has 0 spiro atoms. The molecule has 1 fully saturated rings. The third-order valence-electron chi connectivity index (χ3n) is 4.16. The van der Waals surface area contributed by atoms with E-state index in [-0.39, 0.29) is 18.0 Å².